The number of benzene rings is 2. The Hall–Kier alpha value is -0.970. The van der Waals surface area contributed by atoms with Crippen molar-refractivity contribution in [1.29, 1.82) is 0 Å². The van der Waals surface area contributed by atoms with E-state index >= 15 is 0 Å². The summed E-state index contributed by atoms with van der Waals surface area (Å²) in [5.41, 5.74) is 0.554. The highest BCUT2D eigenvalue weighted by Crippen LogP contribution is 2.26. The molecule has 3 heteroatoms. The van der Waals surface area contributed by atoms with E-state index in [1.165, 1.54) is 18.2 Å². The van der Waals surface area contributed by atoms with E-state index in [1.807, 2.05) is 0 Å². The molecular weight excluding hydrogens is 309 g/mol. The van der Waals surface area contributed by atoms with Crippen molar-refractivity contribution in [2.45, 2.75) is 0 Å². The fraction of sp³-hybridized carbons (Fsp3) is 0. The fourth-order valence-corrected chi connectivity index (χ4v) is 1.88. The van der Waals surface area contributed by atoms with Gasteiger partial charge in [0, 0.05) is 3.57 Å². The average molecular weight is 315 g/mol. The quantitative estimate of drug-likeness (QED) is 0.697. The van der Waals surface area contributed by atoms with Gasteiger partial charge in [-0.3, -0.25) is 0 Å². The molecule has 0 heterocycles. The lowest BCUT2D eigenvalue weighted by Crippen LogP contribution is -1.89. The van der Waals surface area contributed by atoms with Crippen molar-refractivity contribution < 1.29 is 8.78 Å². The lowest BCUT2D eigenvalue weighted by Gasteiger charge is -2.04. The number of rotatable bonds is 1. The summed E-state index contributed by atoms with van der Waals surface area (Å²) in [5, 5.41) is 0. The number of hydrogen-bond acceptors (Lipinski definition) is 0. The van der Waals surface area contributed by atoms with Gasteiger partial charge in [0.1, 0.15) is 11.6 Å². The second-order valence-corrected chi connectivity index (χ2v) is 4.18. The third-order valence-corrected chi connectivity index (χ3v) is 2.64. The van der Waals surface area contributed by atoms with Gasteiger partial charge in [-0.05, 0) is 52.4 Å². The van der Waals surface area contributed by atoms with Crippen LogP contribution >= 0.6 is 22.6 Å². The smallest absolute Gasteiger partial charge is 0.133 e. The Morgan fingerprint density at radius 2 is 1.73 bits per heavy atom. The molecule has 0 aliphatic rings. The van der Waals surface area contributed by atoms with Crippen molar-refractivity contribution in [3.05, 3.63) is 57.7 Å². The molecule has 0 spiro atoms. The maximum atomic E-state index is 13.4. The van der Waals surface area contributed by atoms with Crippen LogP contribution in [-0.2, 0) is 0 Å². The van der Waals surface area contributed by atoms with Gasteiger partial charge in [-0.2, -0.15) is 0 Å². The van der Waals surface area contributed by atoms with Crippen LogP contribution in [0.25, 0.3) is 11.1 Å². The van der Waals surface area contributed by atoms with E-state index in [9.17, 15) is 8.78 Å². The van der Waals surface area contributed by atoms with Gasteiger partial charge >= 0.3 is 0 Å². The lowest BCUT2D eigenvalue weighted by molar-refractivity contribution is 0.589. The average Bonchev–Trinajstić information content (AvgIpc) is 2.17. The molecule has 2 aromatic carbocycles. The number of halogens is 3. The zero-order chi connectivity index (χ0) is 10.8. The standard InChI is InChI=1S/C12H6F2I/c13-10-5-2-6-11(14)12(10)8-3-1-4-9(15)7-8/h1-3,5-7H. The third-order valence-electron chi connectivity index (χ3n) is 2.02. The van der Waals surface area contributed by atoms with Gasteiger partial charge < -0.3 is 0 Å². The first-order valence-electron chi connectivity index (χ1n) is 4.30. The van der Waals surface area contributed by atoms with Crippen molar-refractivity contribution >= 4 is 22.6 Å². The maximum Gasteiger partial charge on any atom is 0.133 e. The summed E-state index contributed by atoms with van der Waals surface area (Å²) in [5.74, 6) is -1.09. The normalized spacial score (nSPS) is 10.3. The SMILES string of the molecule is Fc1cccc(F)c1-c1cc[c]c(I)c1. The van der Waals surface area contributed by atoms with E-state index in [-0.39, 0.29) is 5.56 Å². The van der Waals surface area contributed by atoms with E-state index in [2.05, 4.69) is 28.7 Å². The molecule has 0 nitrogen and oxygen atoms in total. The molecule has 0 aliphatic heterocycles. The molecular formula is C12H6F2I. The molecule has 75 valence electrons. The fourth-order valence-electron chi connectivity index (χ4n) is 1.37. The van der Waals surface area contributed by atoms with Crippen LogP contribution in [0.1, 0.15) is 0 Å². The highest BCUT2D eigenvalue weighted by atomic mass is 127. The van der Waals surface area contributed by atoms with Gasteiger partial charge in [-0.25, -0.2) is 8.78 Å². The van der Waals surface area contributed by atoms with Gasteiger partial charge in [0.05, 0.1) is 5.56 Å². The lowest BCUT2D eigenvalue weighted by atomic mass is 10.0. The summed E-state index contributed by atoms with van der Waals surface area (Å²) in [6.45, 7) is 0. The molecule has 15 heavy (non-hydrogen) atoms. The number of hydrogen-bond donors (Lipinski definition) is 0. The Morgan fingerprint density at radius 1 is 1.07 bits per heavy atom. The largest absolute Gasteiger partial charge is 0.206 e. The topological polar surface area (TPSA) is 0 Å². The molecule has 1 radical (unpaired) electrons. The van der Waals surface area contributed by atoms with Gasteiger partial charge in [0.25, 0.3) is 0 Å². The predicted octanol–water partition coefficient (Wildman–Crippen LogP) is 4.04. The first-order chi connectivity index (χ1) is 7.18. The van der Waals surface area contributed by atoms with E-state index < -0.39 is 11.6 Å². The molecule has 0 N–H and O–H groups in total. The van der Waals surface area contributed by atoms with Crippen LogP contribution < -0.4 is 0 Å². The summed E-state index contributed by atoms with van der Waals surface area (Å²) in [4.78, 5) is 0. The van der Waals surface area contributed by atoms with E-state index in [0.717, 1.165) is 3.57 Å². The van der Waals surface area contributed by atoms with Crippen LogP contribution in [-0.4, -0.2) is 0 Å². The second-order valence-electron chi connectivity index (χ2n) is 3.02. The Morgan fingerprint density at radius 3 is 2.33 bits per heavy atom. The highest BCUT2D eigenvalue weighted by Gasteiger charge is 2.10. The molecule has 0 bridgehead atoms. The Kier molecular flexibility index (Phi) is 3.00. The van der Waals surface area contributed by atoms with Crippen LogP contribution in [0.4, 0.5) is 8.78 Å². The minimum absolute atomic E-state index is 0.0180. The Balaban J connectivity index is 2.63. The van der Waals surface area contributed by atoms with Crippen LogP contribution in [0, 0.1) is 21.3 Å². The Bertz CT molecular complexity index is 474. The first kappa shape index (κ1) is 10.5. The molecule has 2 rings (SSSR count). The molecule has 0 saturated heterocycles. The van der Waals surface area contributed by atoms with Gasteiger partial charge in [0.15, 0.2) is 0 Å². The molecule has 0 unspecified atom stereocenters. The minimum atomic E-state index is -0.544. The van der Waals surface area contributed by atoms with E-state index in [1.54, 1.807) is 18.2 Å². The highest BCUT2D eigenvalue weighted by molar-refractivity contribution is 14.1. The summed E-state index contributed by atoms with van der Waals surface area (Å²) >= 11 is 2.06. The zero-order valence-corrected chi connectivity index (χ0v) is 9.76. The molecule has 0 saturated carbocycles. The first-order valence-corrected chi connectivity index (χ1v) is 5.38. The zero-order valence-electron chi connectivity index (χ0n) is 7.60. The van der Waals surface area contributed by atoms with Crippen LogP contribution in [0.2, 0.25) is 0 Å². The van der Waals surface area contributed by atoms with Gasteiger partial charge in [-0.1, -0.05) is 18.2 Å². The molecule has 0 amide bonds. The summed E-state index contributed by atoms with van der Waals surface area (Å²) in [7, 11) is 0. The van der Waals surface area contributed by atoms with Crippen molar-refractivity contribution in [3.8, 4) is 11.1 Å². The van der Waals surface area contributed by atoms with Crippen molar-refractivity contribution in [2.24, 2.45) is 0 Å². The maximum absolute atomic E-state index is 13.4. The van der Waals surface area contributed by atoms with E-state index in [0.29, 0.717) is 5.56 Å². The molecule has 0 atom stereocenters. The van der Waals surface area contributed by atoms with Crippen LogP contribution in [0.15, 0.2) is 36.4 Å². The Labute approximate surface area is 100 Å². The third kappa shape index (κ3) is 2.17. The monoisotopic (exact) mass is 315 g/mol. The molecule has 2 aromatic rings. The van der Waals surface area contributed by atoms with Gasteiger partial charge in [-0.15, -0.1) is 0 Å². The van der Waals surface area contributed by atoms with Crippen molar-refractivity contribution in [3.63, 3.8) is 0 Å². The molecule has 0 fully saturated rings. The van der Waals surface area contributed by atoms with E-state index in [4.69, 9.17) is 0 Å². The minimum Gasteiger partial charge on any atom is -0.206 e. The van der Waals surface area contributed by atoms with Crippen LogP contribution in [0.5, 0.6) is 0 Å². The van der Waals surface area contributed by atoms with Crippen molar-refractivity contribution in [1.82, 2.24) is 0 Å². The van der Waals surface area contributed by atoms with Crippen molar-refractivity contribution in [2.75, 3.05) is 0 Å². The summed E-state index contributed by atoms with van der Waals surface area (Å²) in [6.07, 6.45) is 0. The summed E-state index contributed by atoms with van der Waals surface area (Å²) in [6, 6.07) is 11.8. The van der Waals surface area contributed by atoms with Crippen LogP contribution in [0.3, 0.4) is 0 Å². The molecule has 0 aromatic heterocycles. The second kappa shape index (κ2) is 4.26. The van der Waals surface area contributed by atoms with Gasteiger partial charge in [0.2, 0.25) is 0 Å². The summed E-state index contributed by atoms with van der Waals surface area (Å²) < 4.78 is 27.7. The predicted molar refractivity (Wildman–Crippen MR) is 63.3 cm³/mol. The molecule has 0 aliphatic carbocycles.